The number of carbonyl (C=O) groups excluding carboxylic acids is 3. The lowest BCUT2D eigenvalue weighted by molar-refractivity contribution is -0.138. The maximum atomic E-state index is 16.3. The number of hydrogen-bond acceptors (Lipinski definition) is 11. The van der Waals surface area contributed by atoms with E-state index in [1.54, 1.807) is 22.3 Å². The van der Waals surface area contributed by atoms with E-state index in [9.17, 15) is 19.2 Å². The minimum absolute atomic E-state index is 0.123. The predicted octanol–water partition coefficient (Wildman–Crippen LogP) is 4.58. The number of halogens is 2. The summed E-state index contributed by atoms with van der Waals surface area (Å²) in [5.41, 5.74) is 7.19. The van der Waals surface area contributed by atoms with Crippen molar-refractivity contribution in [3.8, 4) is 0 Å². The summed E-state index contributed by atoms with van der Waals surface area (Å²) in [6.07, 6.45) is 8.96. The van der Waals surface area contributed by atoms with Crippen molar-refractivity contribution >= 4 is 57.3 Å². The largest absolute Gasteiger partial charge is 0.385 e. The van der Waals surface area contributed by atoms with E-state index in [1.165, 1.54) is 4.57 Å². The molecular weight excluding hydrogens is 835 g/mol. The Hall–Kier alpha value is -5.88. The Morgan fingerprint density at radius 3 is 2.43 bits per heavy atom. The number of aromatic nitrogens is 5. The Morgan fingerprint density at radius 1 is 0.908 bits per heavy atom. The number of rotatable bonds is 9. The second kappa shape index (κ2) is 15.9. The number of amides is 3. The zero-order valence-corrected chi connectivity index (χ0v) is 37.0. The van der Waals surface area contributed by atoms with Gasteiger partial charge in [0.1, 0.15) is 6.04 Å². The van der Waals surface area contributed by atoms with Crippen LogP contribution in [0.5, 0.6) is 0 Å². The van der Waals surface area contributed by atoms with Gasteiger partial charge >= 0.3 is 5.69 Å². The van der Waals surface area contributed by atoms with Gasteiger partial charge in [0.15, 0.2) is 17.2 Å². The minimum Gasteiger partial charge on any atom is -0.385 e. The number of hydrogen-bond donors (Lipinski definition) is 3. The van der Waals surface area contributed by atoms with E-state index in [1.807, 2.05) is 42.3 Å². The molecule has 3 aromatic heterocycles. The van der Waals surface area contributed by atoms with Gasteiger partial charge in [-0.1, -0.05) is 12.1 Å². The average Bonchev–Trinajstić information content (AvgIpc) is 3.72. The number of nitrogens with zero attached hydrogens (tertiary/aromatic N) is 9. The molecular formula is C47H56F2N12O4. The summed E-state index contributed by atoms with van der Waals surface area (Å²) in [7, 11) is 3.54. The Labute approximate surface area is 374 Å². The first kappa shape index (κ1) is 41.8. The molecule has 16 nitrogen and oxygen atoms in total. The van der Waals surface area contributed by atoms with Crippen LogP contribution in [0.1, 0.15) is 85.4 Å². The summed E-state index contributed by atoms with van der Waals surface area (Å²) in [4.78, 5) is 63.8. The van der Waals surface area contributed by atoms with E-state index in [-0.39, 0.29) is 41.9 Å². The van der Waals surface area contributed by atoms with Gasteiger partial charge in [-0.3, -0.25) is 38.6 Å². The highest BCUT2D eigenvalue weighted by molar-refractivity contribution is 6.00. The van der Waals surface area contributed by atoms with Crippen LogP contribution >= 0.6 is 0 Å². The normalized spacial score (nSPS) is 23.6. The fourth-order valence-electron chi connectivity index (χ4n) is 11.5. The molecule has 3 N–H and O–H groups in total. The standard InChI is InChI=1S/C47H56F2N12O4/c1-50-33-25-40(54-61-38(26-51-42(33)61)44(64)52-30-6-7-30)59-19-12-32-29(4-3-5-34(32)59)27-56-18-13-39(47(48,49)28-56)58-22-16-46(17-23-58)14-20-57(21-15-46)31-8-9-35-37(24-31)55(2)45(65)60(35)36-10-11-41(62)53-43(36)63/h3-5,8-9,24-26,30,36,39,50H,6-7,10-23,27-28H2,1-2H3,(H,52,64)(H,53,62,63)/t36?,39-/m0/s1. The molecule has 1 spiro atoms. The van der Waals surface area contributed by atoms with Crippen LogP contribution in [0.4, 0.5) is 31.7 Å². The topological polar surface area (TPSA) is 157 Å². The number of aryl methyl sites for hydroxylation is 1. The quantitative estimate of drug-likeness (QED) is 0.178. The molecule has 0 bridgehead atoms. The summed E-state index contributed by atoms with van der Waals surface area (Å²) in [5, 5.41) is 13.5. The molecule has 5 aromatic rings. The molecule has 5 aliphatic heterocycles. The van der Waals surface area contributed by atoms with Crippen LogP contribution < -0.4 is 31.4 Å². The summed E-state index contributed by atoms with van der Waals surface area (Å²) in [5.74, 6) is -3.11. The zero-order chi connectivity index (χ0) is 44.8. The molecule has 342 valence electrons. The number of fused-ring (bicyclic) bond motifs is 3. The van der Waals surface area contributed by atoms with E-state index >= 15 is 8.78 Å². The Balaban J connectivity index is 0.712. The summed E-state index contributed by atoms with van der Waals surface area (Å²) >= 11 is 0. The van der Waals surface area contributed by atoms with Crippen molar-refractivity contribution in [2.45, 2.75) is 94.8 Å². The number of alkyl halides is 2. The predicted molar refractivity (Wildman–Crippen MR) is 242 cm³/mol. The van der Waals surface area contributed by atoms with E-state index in [0.717, 1.165) is 91.7 Å². The summed E-state index contributed by atoms with van der Waals surface area (Å²) in [6, 6.07) is 12.7. The number of carbonyl (C=O) groups is 3. The van der Waals surface area contributed by atoms with Gasteiger partial charge in [-0.15, -0.1) is 5.10 Å². The van der Waals surface area contributed by atoms with E-state index in [4.69, 9.17) is 5.10 Å². The van der Waals surface area contributed by atoms with Gasteiger partial charge in [-0.05, 0) is 112 Å². The van der Waals surface area contributed by atoms with Gasteiger partial charge in [0.25, 0.3) is 11.8 Å². The van der Waals surface area contributed by atoms with Gasteiger partial charge in [0.05, 0.1) is 35.5 Å². The van der Waals surface area contributed by atoms with Crippen LogP contribution in [-0.2, 0) is 29.6 Å². The van der Waals surface area contributed by atoms with Crippen LogP contribution in [0.2, 0.25) is 0 Å². The van der Waals surface area contributed by atoms with Crippen molar-refractivity contribution in [1.29, 1.82) is 0 Å². The molecule has 1 aliphatic carbocycles. The average molecular weight is 891 g/mol. The highest BCUT2D eigenvalue weighted by Gasteiger charge is 2.50. The lowest BCUT2D eigenvalue weighted by Gasteiger charge is -2.51. The number of nitrogens with one attached hydrogen (secondary N) is 3. The molecule has 2 aromatic carbocycles. The van der Waals surface area contributed by atoms with Crippen molar-refractivity contribution in [3.05, 3.63) is 76.0 Å². The van der Waals surface area contributed by atoms with E-state index in [2.05, 4.69) is 47.8 Å². The highest BCUT2D eigenvalue weighted by atomic mass is 19.3. The molecule has 18 heteroatoms. The Kier molecular flexibility index (Phi) is 10.2. The maximum Gasteiger partial charge on any atom is 0.329 e. The van der Waals surface area contributed by atoms with Crippen molar-refractivity contribution in [1.82, 2.24) is 44.2 Å². The third-order valence-corrected chi connectivity index (χ3v) is 15.4. The minimum atomic E-state index is -2.84. The molecule has 1 saturated carbocycles. The van der Waals surface area contributed by atoms with Crippen LogP contribution in [0, 0.1) is 5.41 Å². The van der Waals surface area contributed by atoms with Gasteiger partial charge in [-0.25, -0.2) is 23.1 Å². The van der Waals surface area contributed by atoms with Crippen LogP contribution in [-0.4, -0.2) is 122 Å². The third kappa shape index (κ3) is 7.41. The van der Waals surface area contributed by atoms with Crippen LogP contribution in [0.3, 0.4) is 0 Å². The van der Waals surface area contributed by atoms with Crippen molar-refractivity contribution in [2.24, 2.45) is 12.5 Å². The molecule has 5 fully saturated rings. The van der Waals surface area contributed by atoms with E-state index in [0.29, 0.717) is 68.2 Å². The molecule has 11 rings (SSSR count). The second-order valence-electron chi connectivity index (χ2n) is 19.3. The SMILES string of the molecule is CNc1cc(N2CCc3c(CN4CC[C@H](N5CCC6(CCN(c7ccc8c(c7)n(C)c(=O)n8C7CCC(=O)NC7=O)CC6)CC5)C(F)(F)C4)cccc32)nn2c(C(=O)NC3CC3)cnc12. The lowest BCUT2D eigenvalue weighted by atomic mass is 9.70. The van der Waals surface area contributed by atoms with Crippen molar-refractivity contribution in [3.63, 3.8) is 0 Å². The zero-order valence-electron chi connectivity index (χ0n) is 37.0. The monoisotopic (exact) mass is 890 g/mol. The number of anilines is 4. The molecule has 6 aliphatic rings. The smallest absolute Gasteiger partial charge is 0.329 e. The maximum absolute atomic E-state index is 16.3. The lowest BCUT2D eigenvalue weighted by Crippen LogP contribution is -2.60. The molecule has 0 radical (unpaired) electrons. The fraction of sp³-hybridized carbons (Fsp3) is 0.532. The molecule has 3 amide bonds. The number of imide groups is 1. The van der Waals surface area contributed by atoms with Crippen LogP contribution in [0.15, 0.2) is 53.5 Å². The number of imidazole rings is 2. The first-order valence-corrected chi connectivity index (χ1v) is 23.3. The fourth-order valence-corrected chi connectivity index (χ4v) is 11.5. The third-order valence-electron chi connectivity index (χ3n) is 15.4. The van der Waals surface area contributed by atoms with Gasteiger partial charge in [0, 0.05) is 76.7 Å². The highest BCUT2D eigenvalue weighted by Crippen LogP contribution is 2.45. The van der Waals surface area contributed by atoms with Gasteiger partial charge in [0.2, 0.25) is 11.8 Å². The first-order valence-electron chi connectivity index (χ1n) is 23.3. The van der Waals surface area contributed by atoms with Crippen molar-refractivity contribution in [2.75, 3.05) is 68.0 Å². The van der Waals surface area contributed by atoms with Crippen molar-refractivity contribution < 1.29 is 23.2 Å². The Morgan fingerprint density at radius 2 is 1.69 bits per heavy atom. The number of piperidine rings is 4. The molecule has 65 heavy (non-hydrogen) atoms. The molecule has 1 unspecified atom stereocenters. The van der Waals surface area contributed by atoms with Gasteiger partial charge < -0.3 is 20.4 Å². The molecule has 8 heterocycles. The number of benzene rings is 2. The van der Waals surface area contributed by atoms with Crippen LogP contribution in [0.25, 0.3) is 16.7 Å². The summed E-state index contributed by atoms with van der Waals surface area (Å²) < 4.78 is 37.2. The molecule has 4 saturated heterocycles. The Bertz CT molecular complexity index is 2780. The van der Waals surface area contributed by atoms with Gasteiger partial charge in [-0.2, -0.15) is 0 Å². The molecule has 2 atom stereocenters. The van der Waals surface area contributed by atoms with E-state index < -0.39 is 23.9 Å². The first-order chi connectivity index (χ1) is 31.4. The second-order valence-corrected chi connectivity index (χ2v) is 19.3. The number of likely N-dealkylation sites (tertiary alicyclic amines) is 2. The summed E-state index contributed by atoms with van der Waals surface area (Å²) in [6.45, 7) is 4.50.